The maximum atomic E-state index is 11.6. The van der Waals surface area contributed by atoms with E-state index in [-0.39, 0.29) is 18.4 Å². The van der Waals surface area contributed by atoms with Crippen LogP contribution in [-0.4, -0.2) is 29.1 Å². The van der Waals surface area contributed by atoms with Gasteiger partial charge in [0.1, 0.15) is 0 Å². The normalized spacial score (nSPS) is 19.2. The molecule has 6 nitrogen and oxygen atoms in total. The van der Waals surface area contributed by atoms with Crippen molar-refractivity contribution in [3.8, 4) is 0 Å². The summed E-state index contributed by atoms with van der Waals surface area (Å²) >= 11 is 5.53. The van der Waals surface area contributed by atoms with Gasteiger partial charge in [0.15, 0.2) is 0 Å². The molecule has 2 heterocycles. The van der Waals surface area contributed by atoms with Gasteiger partial charge in [-0.3, -0.25) is 4.79 Å². The molecule has 0 spiro atoms. The minimum Gasteiger partial charge on any atom is -0.344 e. The number of amides is 1. The minimum absolute atomic E-state index is 0.0200. The number of rotatable bonds is 4. The van der Waals surface area contributed by atoms with Crippen molar-refractivity contribution in [2.24, 2.45) is 0 Å². The summed E-state index contributed by atoms with van der Waals surface area (Å²) < 4.78 is 5.04. The highest BCUT2D eigenvalue weighted by Crippen LogP contribution is 2.20. The molecule has 0 aromatic carbocycles. The average molecular weight is 257 g/mol. The third-order valence-electron chi connectivity index (χ3n) is 2.44. The Hall–Kier alpha value is -1.40. The Morgan fingerprint density at radius 3 is 3.18 bits per heavy atom. The maximum absolute atomic E-state index is 11.6. The van der Waals surface area contributed by atoms with Crippen LogP contribution in [-0.2, 0) is 0 Å². The molecule has 1 amide bonds. The first kappa shape index (κ1) is 12.1. The molecule has 17 heavy (non-hydrogen) atoms. The minimum atomic E-state index is -0.417. The molecule has 1 aliphatic rings. The van der Waals surface area contributed by atoms with Crippen LogP contribution >= 0.6 is 11.6 Å². The molecule has 0 bridgehead atoms. The van der Waals surface area contributed by atoms with Gasteiger partial charge < -0.3 is 15.2 Å². The molecule has 2 rings (SSSR count). The Morgan fingerprint density at radius 1 is 1.71 bits per heavy atom. The summed E-state index contributed by atoms with van der Waals surface area (Å²) in [5.74, 6) is 0.0590. The fraction of sp³-hybridized carbons (Fsp3) is 0.500. The summed E-state index contributed by atoms with van der Waals surface area (Å²) in [5, 5.41) is 9.71. The second-order valence-corrected chi connectivity index (χ2v) is 4.34. The molecule has 1 aliphatic heterocycles. The van der Waals surface area contributed by atoms with Crippen molar-refractivity contribution in [1.82, 2.24) is 20.8 Å². The van der Waals surface area contributed by atoms with Crippen LogP contribution in [0.4, 0.5) is 0 Å². The fourth-order valence-corrected chi connectivity index (χ4v) is 1.69. The van der Waals surface area contributed by atoms with E-state index in [4.69, 9.17) is 16.1 Å². The number of carbonyl (C=O) groups is 1. The monoisotopic (exact) mass is 256 g/mol. The molecule has 92 valence electrons. The first-order chi connectivity index (χ1) is 8.16. The fourth-order valence-electron chi connectivity index (χ4n) is 1.62. The van der Waals surface area contributed by atoms with E-state index in [0.29, 0.717) is 10.9 Å². The smallest absolute Gasteiger partial charge is 0.292 e. The van der Waals surface area contributed by atoms with Gasteiger partial charge in [-0.05, 0) is 19.4 Å². The van der Waals surface area contributed by atoms with E-state index in [1.807, 2.05) is 0 Å². The summed E-state index contributed by atoms with van der Waals surface area (Å²) in [4.78, 5) is 15.6. The molecule has 1 fully saturated rings. The number of halogens is 1. The summed E-state index contributed by atoms with van der Waals surface area (Å²) in [7, 11) is 0. The van der Waals surface area contributed by atoms with Crippen LogP contribution in [0, 0.1) is 0 Å². The molecular weight excluding hydrogens is 244 g/mol. The van der Waals surface area contributed by atoms with Gasteiger partial charge in [-0.1, -0.05) is 23.3 Å². The number of hydrogen-bond acceptors (Lipinski definition) is 5. The lowest BCUT2D eigenvalue weighted by Gasteiger charge is -2.01. The Morgan fingerprint density at radius 2 is 2.53 bits per heavy atom. The van der Waals surface area contributed by atoms with E-state index in [1.54, 1.807) is 0 Å². The lowest BCUT2D eigenvalue weighted by atomic mass is 10.2. The quantitative estimate of drug-likeness (QED) is 0.839. The average Bonchev–Trinajstić information content (AvgIpc) is 2.94. The molecule has 0 saturated carbocycles. The van der Waals surface area contributed by atoms with Crippen molar-refractivity contribution in [2.75, 3.05) is 13.1 Å². The van der Waals surface area contributed by atoms with Gasteiger partial charge in [-0.2, -0.15) is 4.98 Å². The third kappa shape index (κ3) is 3.04. The van der Waals surface area contributed by atoms with E-state index < -0.39 is 5.91 Å². The van der Waals surface area contributed by atoms with E-state index in [2.05, 4.69) is 27.4 Å². The highest BCUT2D eigenvalue weighted by molar-refractivity contribution is 6.29. The van der Waals surface area contributed by atoms with Gasteiger partial charge in [0, 0.05) is 5.03 Å². The summed E-state index contributed by atoms with van der Waals surface area (Å²) in [6.45, 7) is 4.58. The molecule has 0 radical (unpaired) electrons. The summed E-state index contributed by atoms with van der Waals surface area (Å²) in [5.41, 5.74) is 0. The van der Waals surface area contributed by atoms with Gasteiger partial charge in [-0.25, -0.2) is 0 Å². The van der Waals surface area contributed by atoms with E-state index in [1.165, 1.54) is 0 Å². The van der Waals surface area contributed by atoms with Crippen LogP contribution in [0.2, 0.25) is 0 Å². The highest BCUT2D eigenvalue weighted by Gasteiger charge is 2.24. The van der Waals surface area contributed by atoms with Crippen molar-refractivity contribution >= 4 is 17.5 Å². The van der Waals surface area contributed by atoms with Crippen molar-refractivity contribution < 1.29 is 9.32 Å². The van der Waals surface area contributed by atoms with E-state index in [9.17, 15) is 4.79 Å². The molecule has 7 heteroatoms. The van der Waals surface area contributed by atoms with Gasteiger partial charge in [0.05, 0.1) is 12.6 Å². The number of aromatic nitrogens is 2. The van der Waals surface area contributed by atoms with Gasteiger partial charge in [0.2, 0.25) is 5.89 Å². The summed E-state index contributed by atoms with van der Waals surface area (Å²) in [6.07, 6.45) is 2.02. The largest absolute Gasteiger partial charge is 0.344 e. The molecule has 1 atom stereocenters. The highest BCUT2D eigenvalue weighted by atomic mass is 35.5. The Balaban J connectivity index is 1.97. The topological polar surface area (TPSA) is 80.0 Å². The number of carbonyl (C=O) groups excluding carboxylic acids is 1. The van der Waals surface area contributed by atoms with Crippen LogP contribution in [0.1, 0.15) is 35.4 Å². The zero-order valence-electron chi connectivity index (χ0n) is 9.20. The molecule has 1 aromatic heterocycles. The van der Waals surface area contributed by atoms with Crippen LogP contribution in [0.15, 0.2) is 16.1 Å². The third-order valence-corrected chi connectivity index (χ3v) is 2.58. The molecule has 1 saturated heterocycles. The standard InChI is InChI=1S/C10H13ClN4O2/c1-6(11)5-13-9(16)8-14-10(17-15-8)7-3-2-4-12-7/h7,12H,1-5H2,(H,13,16). The van der Waals surface area contributed by atoms with Crippen LogP contribution < -0.4 is 10.6 Å². The predicted octanol–water partition coefficient (Wildman–Crippen LogP) is 0.976. The van der Waals surface area contributed by atoms with Gasteiger partial charge in [-0.15, -0.1) is 0 Å². The van der Waals surface area contributed by atoms with Crippen molar-refractivity contribution in [3.63, 3.8) is 0 Å². The van der Waals surface area contributed by atoms with Crippen molar-refractivity contribution in [2.45, 2.75) is 18.9 Å². The Kier molecular flexibility index (Phi) is 3.75. The molecule has 0 aliphatic carbocycles. The molecule has 1 aromatic rings. The van der Waals surface area contributed by atoms with Crippen molar-refractivity contribution in [1.29, 1.82) is 0 Å². The number of nitrogens with one attached hydrogen (secondary N) is 2. The molecular formula is C10H13ClN4O2. The van der Waals surface area contributed by atoms with Crippen LogP contribution in [0.3, 0.4) is 0 Å². The van der Waals surface area contributed by atoms with Crippen LogP contribution in [0.5, 0.6) is 0 Å². The number of hydrogen-bond donors (Lipinski definition) is 2. The lowest BCUT2D eigenvalue weighted by Crippen LogP contribution is -2.25. The number of nitrogens with zero attached hydrogens (tertiary/aromatic N) is 2. The lowest BCUT2D eigenvalue weighted by molar-refractivity contribution is 0.0944. The first-order valence-corrected chi connectivity index (χ1v) is 5.73. The van der Waals surface area contributed by atoms with E-state index in [0.717, 1.165) is 19.4 Å². The second kappa shape index (κ2) is 5.29. The SMILES string of the molecule is C=C(Cl)CNC(=O)c1noc(C2CCCN2)n1. The molecule has 2 N–H and O–H groups in total. The predicted molar refractivity (Wildman–Crippen MR) is 61.6 cm³/mol. The second-order valence-electron chi connectivity index (χ2n) is 3.81. The van der Waals surface area contributed by atoms with Gasteiger partial charge >= 0.3 is 0 Å². The zero-order valence-corrected chi connectivity index (χ0v) is 9.96. The zero-order chi connectivity index (χ0) is 12.3. The Labute approximate surface area is 103 Å². The van der Waals surface area contributed by atoms with Crippen LogP contribution in [0.25, 0.3) is 0 Å². The Bertz CT molecular complexity index is 426. The maximum Gasteiger partial charge on any atom is 0.292 e. The van der Waals surface area contributed by atoms with Gasteiger partial charge in [0.25, 0.3) is 11.7 Å². The van der Waals surface area contributed by atoms with E-state index >= 15 is 0 Å². The molecule has 1 unspecified atom stereocenters. The van der Waals surface area contributed by atoms with Crippen molar-refractivity contribution in [3.05, 3.63) is 23.3 Å². The summed E-state index contributed by atoms with van der Waals surface area (Å²) in [6, 6.07) is 0.0621. The first-order valence-electron chi connectivity index (χ1n) is 5.35.